The SMILES string of the molecule is CS(=O)(=O)c1ccc(/C=C/C(=O)c2cc(C(=O)O)ccc2O)cc1. The molecule has 6 nitrogen and oxygen atoms in total. The van der Waals surface area contributed by atoms with Crippen LogP contribution >= 0.6 is 0 Å². The van der Waals surface area contributed by atoms with Crippen LogP contribution in [0.3, 0.4) is 0 Å². The minimum atomic E-state index is -3.29. The molecule has 0 bridgehead atoms. The molecule has 24 heavy (non-hydrogen) atoms. The fourth-order valence-corrected chi connectivity index (χ4v) is 2.58. The van der Waals surface area contributed by atoms with E-state index < -0.39 is 21.6 Å². The number of ketones is 1. The second-order valence-corrected chi connectivity index (χ2v) is 7.09. The van der Waals surface area contributed by atoms with Gasteiger partial charge in [0.2, 0.25) is 0 Å². The van der Waals surface area contributed by atoms with Crippen molar-refractivity contribution in [2.45, 2.75) is 4.90 Å². The monoisotopic (exact) mass is 346 g/mol. The van der Waals surface area contributed by atoms with E-state index in [2.05, 4.69) is 0 Å². The molecule has 2 aromatic rings. The summed E-state index contributed by atoms with van der Waals surface area (Å²) < 4.78 is 22.7. The summed E-state index contributed by atoms with van der Waals surface area (Å²) in [5.41, 5.74) is 0.352. The number of carboxylic acid groups (broad SMARTS) is 1. The minimum Gasteiger partial charge on any atom is -0.507 e. The molecule has 0 aliphatic rings. The first kappa shape index (κ1) is 17.4. The number of carboxylic acids is 1. The van der Waals surface area contributed by atoms with E-state index in [1.165, 1.54) is 42.5 Å². The number of carbonyl (C=O) groups is 2. The molecule has 0 spiro atoms. The molecule has 0 amide bonds. The quantitative estimate of drug-likeness (QED) is 0.635. The molecule has 2 N–H and O–H groups in total. The van der Waals surface area contributed by atoms with Gasteiger partial charge >= 0.3 is 5.97 Å². The Labute approximate surface area is 138 Å². The number of allylic oxidation sites excluding steroid dienone is 1. The highest BCUT2D eigenvalue weighted by Gasteiger charge is 2.12. The van der Waals surface area contributed by atoms with Gasteiger partial charge in [0.25, 0.3) is 0 Å². The third-order valence-electron chi connectivity index (χ3n) is 3.24. The van der Waals surface area contributed by atoms with Crippen molar-refractivity contribution in [3.05, 3.63) is 65.2 Å². The molecule has 0 saturated carbocycles. The van der Waals surface area contributed by atoms with Gasteiger partial charge in [0, 0.05) is 6.26 Å². The zero-order valence-electron chi connectivity index (χ0n) is 12.6. The molecule has 0 aliphatic heterocycles. The van der Waals surface area contributed by atoms with Gasteiger partial charge in [-0.2, -0.15) is 0 Å². The summed E-state index contributed by atoms with van der Waals surface area (Å²) in [5.74, 6) is -2.09. The van der Waals surface area contributed by atoms with Crippen LogP contribution in [0.15, 0.2) is 53.4 Å². The van der Waals surface area contributed by atoms with Crippen LogP contribution in [0.2, 0.25) is 0 Å². The van der Waals surface area contributed by atoms with E-state index in [4.69, 9.17) is 5.11 Å². The third-order valence-corrected chi connectivity index (χ3v) is 4.37. The molecule has 0 heterocycles. The van der Waals surface area contributed by atoms with Crippen molar-refractivity contribution >= 4 is 27.7 Å². The summed E-state index contributed by atoms with van der Waals surface area (Å²) in [7, 11) is -3.29. The van der Waals surface area contributed by atoms with Crippen molar-refractivity contribution in [2.75, 3.05) is 6.26 Å². The van der Waals surface area contributed by atoms with Gasteiger partial charge in [0.15, 0.2) is 15.6 Å². The van der Waals surface area contributed by atoms with Crippen molar-refractivity contribution in [2.24, 2.45) is 0 Å². The Bertz CT molecular complexity index is 924. The second-order valence-electron chi connectivity index (χ2n) is 5.08. The van der Waals surface area contributed by atoms with Gasteiger partial charge in [-0.05, 0) is 42.0 Å². The number of hydrogen-bond donors (Lipinski definition) is 2. The summed E-state index contributed by atoms with van der Waals surface area (Å²) in [4.78, 5) is 23.2. The summed E-state index contributed by atoms with van der Waals surface area (Å²) in [5, 5.41) is 18.6. The highest BCUT2D eigenvalue weighted by Crippen LogP contribution is 2.20. The molecule has 0 aliphatic carbocycles. The van der Waals surface area contributed by atoms with Crippen LogP contribution in [0.1, 0.15) is 26.3 Å². The lowest BCUT2D eigenvalue weighted by atomic mass is 10.0. The number of benzene rings is 2. The lowest BCUT2D eigenvalue weighted by Gasteiger charge is -2.02. The molecule has 0 fully saturated rings. The molecule has 0 unspecified atom stereocenters. The molecular weight excluding hydrogens is 332 g/mol. The van der Waals surface area contributed by atoms with Gasteiger partial charge in [-0.1, -0.05) is 18.2 Å². The van der Waals surface area contributed by atoms with E-state index >= 15 is 0 Å². The number of phenols is 1. The van der Waals surface area contributed by atoms with Crippen LogP contribution in [-0.2, 0) is 9.84 Å². The maximum atomic E-state index is 12.1. The third kappa shape index (κ3) is 4.08. The van der Waals surface area contributed by atoms with E-state index in [0.29, 0.717) is 5.56 Å². The number of phenolic OH excluding ortho intramolecular Hbond substituents is 1. The average molecular weight is 346 g/mol. The summed E-state index contributed by atoms with van der Waals surface area (Å²) in [6, 6.07) is 9.34. The standard InChI is InChI=1S/C17H14O6S/c1-24(22,23)13-6-2-11(3-7-13)4-8-15(18)14-10-12(17(20)21)5-9-16(14)19/h2-10,19H,1H3,(H,20,21)/b8-4+. The molecule has 0 radical (unpaired) electrons. The van der Waals surface area contributed by atoms with E-state index in [9.17, 15) is 23.1 Å². The maximum absolute atomic E-state index is 12.1. The summed E-state index contributed by atoms with van der Waals surface area (Å²) >= 11 is 0. The minimum absolute atomic E-state index is 0.109. The van der Waals surface area contributed by atoms with Crippen LogP contribution in [0, 0.1) is 0 Å². The van der Waals surface area contributed by atoms with Gasteiger partial charge in [0.1, 0.15) is 5.75 Å². The van der Waals surface area contributed by atoms with Crippen molar-refractivity contribution in [3.8, 4) is 5.75 Å². The molecule has 7 heteroatoms. The first-order valence-corrected chi connectivity index (χ1v) is 8.66. The van der Waals surface area contributed by atoms with Gasteiger partial charge < -0.3 is 10.2 Å². The summed E-state index contributed by atoms with van der Waals surface area (Å²) in [6.07, 6.45) is 3.72. The second kappa shape index (κ2) is 6.67. The van der Waals surface area contributed by atoms with Crippen molar-refractivity contribution in [1.29, 1.82) is 0 Å². The van der Waals surface area contributed by atoms with E-state index in [1.807, 2.05) is 0 Å². The first-order chi connectivity index (χ1) is 11.2. The van der Waals surface area contributed by atoms with Crippen molar-refractivity contribution < 1.29 is 28.2 Å². The van der Waals surface area contributed by atoms with Crippen LogP contribution in [0.5, 0.6) is 5.75 Å². The molecular formula is C17H14O6S. The number of carbonyl (C=O) groups excluding carboxylic acids is 1. The van der Waals surface area contributed by atoms with Crippen molar-refractivity contribution in [1.82, 2.24) is 0 Å². The highest BCUT2D eigenvalue weighted by molar-refractivity contribution is 7.90. The number of aromatic hydroxyl groups is 1. The first-order valence-electron chi connectivity index (χ1n) is 6.77. The van der Waals surface area contributed by atoms with E-state index in [1.54, 1.807) is 0 Å². The Morgan fingerprint density at radius 1 is 1.04 bits per heavy atom. The van der Waals surface area contributed by atoms with Gasteiger partial charge in [-0.3, -0.25) is 4.79 Å². The maximum Gasteiger partial charge on any atom is 0.335 e. The Balaban J connectivity index is 2.25. The Kier molecular flexibility index (Phi) is 4.85. The zero-order chi connectivity index (χ0) is 17.9. The van der Waals surface area contributed by atoms with Gasteiger partial charge in [-0.15, -0.1) is 0 Å². The predicted molar refractivity (Wildman–Crippen MR) is 88.0 cm³/mol. The lowest BCUT2D eigenvalue weighted by Crippen LogP contribution is -2.01. The lowest BCUT2D eigenvalue weighted by molar-refractivity contribution is 0.0697. The fourth-order valence-electron chi connectivity index (χ4n) is 1.95. The topological polar surface area (TPSA) is 109 Å². The van der Waals surface area contributed by atoms with Gasteiger partial charge in [-0.25, -0.2) is 13.2 Å². The predicted octanol–water partition coefficient (Wildman–Crippen LogP) is 2.39. The van der Waals surface area contributed by atoms with Crippen LogP contribution < -0.4 is 0 Å². The molecule has 0 saturated heterocycles. The Hall–Kier alpha value is -2.93. The van der Waals surface area contributed by atoms with Crippen LogP contribution in [0.25, 0.3) is 6.08 Å². The molecule has 0 atom stereocenters. The number of aromatic carboxylic acids is 1. The number of hydrogen-bond acceptors (Lipinski definition) is 5. The van der Waals surface area contributed by atoms with Gasteiger partial charge in [0.05, 0.1) is 16.0 Å². The zero-order valence-corrected chi connectivity index (χ0v) is 13.4. The largest absolute Gasteiger partial charge is 0.507 e. The van der Waals surface area contributed by atoms with Crippen LogP contribution in [-0.4, -0.2) is 36.6 Å². The molecule has 2 aromatic carbocycles. The van der Waals surface area contributed by atoms with E-state index in [-0.39, 0.29) is 21.8 Å². The smallest absolute Gasteiger partial charge is 0.335 e. The Morgan fingerprint density at radius 3 is 2.21 bits per heavy atom. The normalized spacial score (nSPS) is 11.5. The average Bonchev–Trinajstić information content (AvgIpc) is 2.52. The Morgan fingerprint density at radius 2 is 1.67 bits per heavy atom. The highest BCUT2D eigenvalue weighted by atomic mass is 32.2. The molecule has 2 rings (SSSR count). The number of sulfone groups is 1. The summed E-state index contributed by atoms with van der Waals surface area (Å²) in [6.45, 7) is 0. The molecule has 0 aromatic heterocycles. The van der Waals surface area contributed by atoms with E-state index in [0.717, 1.165) is 18.4 Å². The molecule has 124 valence electrons. The van der Waals surface area contributed by atoms with Crippen molar-refractivity contribution in [3.63, 3.8) is 0 Å². The fraction of sp³-hybridized carbons (Fsp3) is 0.0588. The number of rotatable bonds is 5. The van der Waals surface area contributed by atoms with Crippen LogP contribution in [0.4, 0.5) is 0 Å².